The zero-order chi connectivity index (χ0) is 14.7. The van der Waals surface area contributed by atoms with Gasteiger partial charge in [-0.25, -0.2) is 0 Å². The van der Waals surface area contributed by atoms with Gasteiger partial charge in [0.1, 0.15) is 0 Å². The second-order valence-corrected chi connectivity index (χ2v) is 7.90. The molecule has 3 aliphatic rings. The van der Waals surface area contributed by atoms with E-state index in [1.165, 1.54) is 24.9 Å². The molecule has 0 bridgehead atoms. The summed E-state index contributed by atoms with van der Waals surface area (Å²) in [5.41, 5.74) is 1.87. The van der Waals surface area contributed by atoms with Gasteiger partial charge in [0.25, 0.3) is 0 Å². The molecule has 21 heavy (non-hydrogen) atoms. The summed E-state index contributed by atoms with van der Waals surface area (Å²) in [6.07, 6.45) is 2.49. The third kappa shape index (κ3) is 2.23. The summed E-state index contributed by atoms with van der Waals surface area (Å²) >= 11 is 0. The second kappa shape index (κ2) is 4.55. The first kappa shape index (κ1) is 13.7. The summed E-state index contributed by atoms with van der Waals surface area (Å²) in [6, 6.07) is 11.4. The Morgan fingerprint density at radius 2 is 1.90 bits per heavy atom. The molecule has 0 radical (unpaired) electrons. The van der Waals surface area contributed by atoms with Gasteiger partial charge in [0.05, 0.1) is 5.60 Å². The molecule has 1 spiro atoms. The molecule has 0 N–H and O–H groups in total. The van der Waals surface area contributed by atoms with Crippen LogP contribution in [0.2, 0.25) is 0 Å². The average molecular weight is 286 g/mol. The van der Waals surface area contributed by atoms with Crippen molar-refractivity contribution in [2.24, 2.45) is 11.3 Å². The van der Waals surface area contributed by atoms with E-state index < -0.39 is 0 Å². The standard InChI is InChI=1S/C18H26N2O/c1-17(2)13-20(11-14-7-5-4-6-8-14)12-15-16(17)19(3)21-18(15)9-10-18/h4-8,15-16H,9-13H2,1-3H3/t15-,16+/m0/s1. The molecule has 2 heterocycles. The Balaban J connectivity index is 1.57. The van der Waals surface area contributed by atoms with Gasteiger partial charge in [0.15, 0.2) is 0 Å². The molecular weight excluding hydrogens is 260 g/mol. The van der Waals surface area contributed by atoms with Crippen LogP contribution in [-0.4, -0.2) is 41.7 Å². The normalized spacial score (nSPS) is 34.0. The van der Waals surface area contributed by atoms with Gasteiger partial charge in [-0.1, -0.05) is 44.2 Å². The van der Waals surface area contributed by atoms with Crippen LogP contribution in [0.3, 0.4) is 0 Å². The summed E-state index contributed by atoms with van der Waals surface area (Å²) in [7, 11) is 2.14. The largest absolute Gasteiger partial charge is 0.298 e. The average Bonchev–Trinajstić information content (AvgIpc) is 3.12. The van der Waals surface area contributed by atoms with Gasteiger partial charge in [0, 0.05) is 38.6 Å². The van der Waals surface area contributed by atoms with Crippen molar-refractivity contribution in [1.82, 2.24) is 9.96 Å². The maximum atomic E-state index is 6.25. The Morgan fingerprint density at radius 3 is 2.57 bits per heavy atom. The van der Waals surface area contributed by atoms with Gasteiger partial charge in [-0.2, -0.15) is 5.06 Å². The van der Waals surface area contributed by atoms with E-state index in [4.69, 9.17) is 4.84 Å². The number of benzene rings is 1. The Hall–Kier alpha value is -0.900. The topological polar surface area (TPSA) is 15.7 Å². The molecule has 1 aliphatic carbocycles. The van der Waals surface area contributed by atoms with Gasteiger partial charge in [0.2, 0.25) is 0 Å². The maximum absolute atomic E-state index is 6.25. The van der Waals surface area contributed by atoms with Crippen LogP contribution >= 0.6 is 0 Å². The fourth-order valence-corrected chi connectivity index (χ4v) is 4.82. The van der Waals surface area contributed by atoms with Crippen LogP contribution in [0.4, 0.5) is 0 Å². The molecule has 114 valence electrons. The molecule has 2 aliphatic heterocycles. The third-order valence-corrected chi connectivity index (χ3v) is 5.65. The molecule has 1 saturated carbocycles. The highest BCUT2D eigenvalue weighted by Crippen LogP contribution is 2.58. The fourth-order valence-electron chi connectivity index (χ4n) is 4.82. The smallest absolute Gasteiger partial charge is 0.0958 e. The Morgan fingerprint density at radius 1 is 1.19 bits per heavy atom. The summed E-state index contributed by atoms with van der Waals surface area (Å²) < 4.78 is 0. The van der Waals surface area contributed by atoms with Crippen LogP contribution in [-0.2, 0) is 11.4 Å². The number of fused-ring (bicyclic) bond motifs is 2. The minimum atomic E-state index is 0.173. The predicted molar refractivity (Wildman–Crippen MR) is 83.6 cm³/mol. The highest BCUT2D eigenvalue weighted by molar-refractivity contribution is 5.17. The van der Waals surface area contributed by atoms with Crippen molar-refractivity contribution in [3.8, 4) is 0 Å². The van der Waals surface area contributed by atoms with Gasteiger partial charge >= 0.3 is 0 Å². The molecule has 4 rings (SSSR count). The van der Waals surface area contributed by atoms with E-state index in [-0.39, 0.29) is 11.0 Å². The zero-order valence-corrected chi connectivity index (χ0v) is 13.4. The van der Waals surface area contributed by atoms with Gasteiger partial charge in [-0.05, 0) is 23.8 Å². The molecule has 2 saturated heterocycles. The molecule has 0 unspecified atom stereocenters. The van der Waals surface area contributed by atoms with E-state index >= 15 is 0 Å². The first-order chi connectivity index (χ1) is 10.0. The minimum Gasteiger partial charge on any atom is -0.298 e. The highest BCUT2D eigenvalue weighted by Gasteiger charge is 2.65. The molecule has 2 atom stereocenters. The van der Waals surface area contributed by atoms with E-state index in [0.29, 0.717) is 12.0 Å². The molecule has 3 nitrogen and oxygen atoms in total. The molecule has 3 fully saturated rings. The Labute approximate surface area is 127 Å². The zero-order valence-electron chi connectivity index (χ0n) is 13.4. The monoisotopic (exact) mass is 286 g/mol. The maximum Gasteiger partial charge on any atom is 0.0958 e. The van der Waals surface area contributed by atoms with Crippen molar-refractivity contribution in [3.63, 3.8) is 0 Å². The van der Waals surface area contributed by atoms with Gasteiger partial charge in [-0.15, -0.1) is 0 Å². The van der Waals surface area contributed by atoms with Crippen molar-refractivity contribution >= 4 is 0 Å². The minimum absolute atomic E-state index is 0.173. The van der Waals surface area contributed by atoms with Crippen LogP contribution < -0.4 is 0 Å². The van der Waals surface area contributed by atoms with Crippen LogP contribution in [0.1, 0.15) is 32.3 Å². The lowest BCUT2D eigenvalue weighted by Gasteiger charge is -2.47. The van der Waals surface area contributed by atoms with Crippen LogP contribution in [0.15, 0.2) is 30.3 Å². The number of hydrogen-bond acceptors (Lipinski definition) is 3. The van der Waals surface area contributed by atoms with Gasteiger partial charge < -0.3 is 0 Å². The number of rotatable bonds is 2. The third-order valence-electron chi connectivity index (χ3n) is 5.65. The lowest BCUT2D eigenvalue weighted by Crippen LogP contribution is -2.57. The van der Waals surface area contributed by atoms with E-state index in [2.05, 4.69) is 61.2 Å². The number of nitrogens with zero attached hydrogens (tertiary/aromatic N) is 2. The Kier molecular flexibility index (Phi) is 2.97. The van der Waals surface area contributed by atoms with Crippen molar-refractivity contribution in [2.45, 2.75) is 44.9 Å². The number of likely N-dealkylation sites (tertiary alicyclic amines) is 1. The lowest BCUT2D eigenvalue weighted by atomic mass is 9.71. The fraction of sp³-hybridized carbons (Fsp3) is 0.667. The highest BCUT2D eigenvalue weighted by atomic mass is 16.7. The van der Waals surface area contributed by atoms with E-state index in [1.807, 2.05) is 0 Å². The SMILES string of the molecule is CN1OC2(CC2)[C@H]2CN(Cc3ccccc3)CC(C)(C)[C@@H]21. The van der Waals surface area contributed by atoms with Crippen LogP contribution in [0.25, 0.3) is 0 Å². The van der Waals surface area contributed by atoms with Crippen molar-refractivity contribution in [2.75, 3.05) is 20.1 Å². The van der Waals surface area contributed by atoms with Crippen molar-refractivity contribution in [3.05, 3.63) is 35.9 Å². The molecule has 0 amide bonds. The van der Waals surface area contributed by atoms with Gasteiger partial charge in [-0.3, -0.25) is 9.74 Å². The summed E-state index contributed by atoms with van der Waals surface area (Å²) in [5, 5.41) is 2.18. The van der Waals surface area contributed by atoms with E-state index in [1.54, 1.807) is 0 Å². The second-order valence-electron chi connectivity index (χ2n) is 7.90. The number of piperidine rings is 1. The summed E-state index contributed by atoms with van der Waals surface area (Å²) in [5.74, 6) is 0.662. The van der Waals surface area contributed by atoms with Crippen LogP contribution in [0, 0.1) is 11.3 Å². The summed E-state index contributed by atoms with van der Waals surface area (Å²) in [6.45, 7) is 8.19. The van der Waals surface area contributed by atoms with Crippen molar-refractivity contribution < 1.29 is 4.84 Å². The molecule has 1 aromatic carbocycles. The first-order valence-electron chi connectivity index (χ1n) is 8.18. The van der Waals surface area contributed by atoms with Crippen LogP contribution in [0.5, 0.6) is 0 Å². The lowest BCUT2D eigenvalue weighted by molar-refractivity contribution is -0.168. The first-order valence-corrected chi connectivity index (χ1v) is 8.18. The number of hydrogen-bond donors (Lipinski definition) is 0. The Bertz CT molecular complexity index is 523. The quantitative estimate of drug-likeness (QED) is 0.831. The van der Waals surface area contributed by atoms with E-state index in [9.17, 15) is 0 Å². The molecule has 3 heteroatoms. The number of hydroxylamine groups is 2. The predicted octanol–water partition coefficient (Wildman–Crippen LogP) is 2.92. The summed E-state index contributed by atoms with van der Waals surface area (Å²) in [4.78, 5) is 8.89. The molecule has 0 aromatic heterocycles. The van der Waals surface area contributed by atoms with E-state index in [0.717, 1.165) is 13.1 Å². The molecule has 1 aromatic rings. The van der Waals surface area contributed by atoms with Crippen molar-refractivity contribution in [1.29, 1.82) is 0 Å². The molecular formula is C18H26N2O.